The fraction of sp³-hybridized carbons (Fsp3) is 0.286. The molecule has 0 radical (unpaired) electrons. The molecule has 0 unspecified atom stereocenters. The fourth-order valence-corrected chi connectivity index (χ4v) is 6.32. The number of halogens is 3. The van der Waals surface area contributed by atoms with Crippen LogP contribution in [0.3, 0.4) is 0 Å². The van der Waals surface area contributed by atoms with Crippen molar-refractivity contribution in [2.45, 2.75) is 31.3 Å². The first-order valence-corrected chi connectivity index (χ1v) is 13.7. The summed E-state index contributed by atoms with van der Waals surface area (Å²) in [4.78, 5) is 11.3. The minimum absolute atomic E-state index is 0.237. The predicted octanol–water partition coefficient (Wildman–Crippen LogP) is 5.37. The molecule has 4 aromatic rings. The Bertz CT molecular complexity index is 1600. The second kappa shape index (κ2) is 9.99. The maximum Gasteiger partial charge on any atom is 0.416 e. The molecule has 0 spiro atoms. The SMILES string of the molecule is Cc1nc(C)c(Cc2cccc(C(F)(F)F)c2)c(N2CCN(S(=O)(=O)c3ccc4ccccc4c3)CC2)n1. The van der Waals surface area contributed by atoms with Crippen molar-refractivity contribution in [3.8, 4) is 0 Å². The molecule has 198 valence electrons. The number of hydrogen-bond donors (Lipinski definition) is 0. The van der Waals surface area contributed by atoms with Crippen molar-refractivity contribution in [1.29, 1.82) is 0 Å². The third kappa shape index (κ3) is 5.23. The van der Waals surface area contributed by atoms with E-state index in [1.54, 1.807) is 25.1 Å². The molecule has 1 aliphatic rings. The van der Waals surface area contributed by atoms with Gasteiger partial charge in [-0.2, -0.15) is 17.5 Å². The molecule has 1 aliphatic heterocycles. The summed E-state index contributed by atoms with van der Waals surface area (Å²) in [5.74, 6) is 1.19. The second-order valence-electron chi connectivity index (χ2n) is 9.43. The normalized spacial score (nSPS) is 15.2. The lowest BCUT2D eigenvalue weighted by molar-refractivity contribution is -0.137. The molecule has 6 nitrogen and oxygen atoms in total. The summed E-state index contributed by atoms with van der Waals surface area (Å²) in [6, 6.07) is 18.0. The second-order valence-corrected chi connectivity index (χ2v) is 11.4. The molecule has 0 amide bonds. The number of rotatable bonds is 5. The third-order valence-electron chi connectivity index (χ3n) is 6.84. The molecule has 5 rings (SSSR count). The molecule has 1 fully saturated rings. The number of benzene rings is 3. The van der Waals surface area contributed by atoms with Crippen LogP contribution in [0.1, 0.15) is 28.2 Å². The Morgan fingerprint density at radius 2 is 1.55 bits per heavy atom. The van der Waals surface area contributed by atoms with Crippen molar-refractivity contribution in [2.24, 2.45) is 0 Å². The van der Waals surface area contributed by atoms with Crippen molar-refractivity contribution < 1.29 is 21.6 Å². The lowest BCUT2D eigenvalue weighted by Gasteiger charge is -2.36. The standard InChI is InChI=1S/C28H27F3N4O2S/c1-19-26(17-21-6-5-9-24(16-21)28(29,30)31)27(33-20(2)32-19)34-12-14-35(15-13-34)38(36,37)25-11-10-22-7-3-4-8-23(22)18-25/h3-11,16,18H,12-15,17H2,1-2H3. The highest BCUT2D eigenvalue weighted by Crippen LogP contribution is 2.32. The molecule has 1 aromatic heterocycles. The Labute approximate surface area is 219 Å². The molecule has 3 aromatic carbocycles. The van der Waals surface area contributed by atoms with E-state index in [1.807, 2.05) is 42.2 Å². The Kier molecular flexibility index (Phi) is 6.87. The highest BCUT2D eigenvalue weighted by Gasteiger charge is 2.32. The van der Waals surface area contributed by atoms with Gasteiger partial charge in [-0.25, -0.2) is 18.4 Å². The summed E-state index contributed by atoms with van der Waals surface area (Å²) >= 11 is 0. The molecule has 0 N–H and O–H groups in total. The summed E-state index contributed by atoms with van der Waals surface area (Å²) in [5, 5.41) is 1.83. The molecule has 2 heterocycles. The minimum Gasteiger partial charge on any atom is -0.354 e. The molecule has 0 saturated carbocycles. The smallest absolute Gasteiger partial charge is 0.354 e. The Hall–Kier alpha value is -3.50. The maximum absolute atomic E-state index is 13.4. The van der Waals surface area contributed by atoms with Gasteiger partial charge in [-0.1, -0.05) is 48.5 Å². The minimum atomic E-state index is -4.43. The number of nitrogens with zero attached hydrogens (tertiary/aromatic N) is 4. The number of anilines is 1. The maximum atomic E-state index is 13.4. The zero-order valence-corrected chi connectivity index (χ0v) is 21.9. The highest BCUT2D eigenvalue weighted by molar-refractivity contribution is 7.89. The van der Waals surface area contributed by atoms with Gasteiger partial charge < -0.3 is 4.90 Å². The van der Waals surface area contributed by atoms with E-state index >= 15 is 0 Å². The largest absolute Gasteiger partial charge is 0.416 e. The number of alkyl halides is 3. The van der Waals surface area contributed by atoms with Crippen LogP contribution in [0.2, 0.25) is 0 Å². The van der Waals surface area contributed by atoms with Gasteiger partial charge in [-0.3, -0.25) is 0 Å². The first-order valence-electron chi connectivity index (χ1n) is 12.3. The van der Waals surface area contributed by atoms with Crippen LogP contribution < -0.4 is 4.90 Å². The van der Waals surface area contributed by atoms with Crippen LogP contribution in [0, 0.1) is 13.8 Å². The number of hydrogen-bond acceptors (Lipinski definition) is 5. The zero-order valence-electron chi connectivity index (χ0n) is 21.0. The molecule has 0 atom stereocenters. The summed E-state index contributed by atoms with van der Waals surface area (Å²) in [7, 11) is -3.69. The van der Waals surface area contributed by atoms with Crippen molar-refractivity contribution in [2.75, 3.05) is 31.1 Å². The molecule has 1 saturated heterocycles. The van der Waals surface area contributed by atoms with Gasteiger partial charge in [0.2, 0.25) is 10.0 Å². The van der Waals surface area contributed by atoms with E-state index in [4.69, 9.17) is 0 Å². The van der Waals surface area contributed by atoms with Crippen LogP contribution >= 0.6 is 0 Å². The number of piperazine rings is 1. The highest BCUT2D eigenvalue weighted by atomic mass is 32.2. The molecular weight excluding hydrogens is 513 g/mol. The molecule has 0 aliphatic carbocycles. The van der Waals surface area contributed by atoms with E-state index in [0.29, 0.717) is 36.0 Å². The average Bonchev–Trinajstić information content (AvgIpc) is 2.89. The lowest BCUT2D eigenvalue weighted by Crippen LogP contribution is -2.49. The Morgan fingerprint density at radius 3 is 2.26 bits per heavy atom. The Morgan fingerprint density at radius 1 is 0.842 bits per heavy atom. The van der Waals surface area contributed by atoms with E-state index in [1.165, 1.54) is 10.4 Å². The number of sulfonamides is 1. The van der Waals surface area contributed by atoms with Gasteiger partial charge in [-0.05, 0) is 48.4 Å². The fourth-order valence-electron chi connectivity index (χ4n) is 4.87. The van der Waals surface area contributed by atoms with Crippen molar-refractivity contribution in [3.63, 3.8) is 0 Å². The van der Waals surface area contributed by atoms with Crippen molar-refractivity contribution >= 4 is 26.6 Å². The summed E-state index contributed by atoms with van der Waals surface area (Å²) in [6.07, 6.45) is -4.19. The van der Waals surface area contributed by atoms with E-state index < -0.39 is 21.8 Å². The number of fused-ring (bicyclic) bond motifs is 1. The van der Waals surface area contributed by atoms with Gasteiger partial charge in [0.05, 0.1) is 10.5 Å². The van der Waals surface area contributed by atoms with Crippen LogP contribution in [0.25, 0.3) is 10.8 Å². The van der Waals surface area contributed by atoms with Crippen molar-refractivity contribution in [1.82, 2.24) is 14.3 Å². The van der Waals surface area contributed by atoms with Crippen LogP contribution in [0.4, 0.5) is 19.0 Å². The van der Waals surface area contributed by atoms with E-state index in [-0.39, 0.29) is 24.4 Å². The van der Waals surface area contributed by atoms with Gasteiger partial charge in [0.1, 0.15) is 11.6 Å². The van der Waals surface area contributed by atoms with E-state index in [0.717, 1.165) is 28.5 Å². The quantitative estimate of drug-likeness (QED) is 0.341. The first-order chi connectivity index (χ1) is 18.0. The first kappa shape index (κ1) is 26.1. The summed E-state index contributed by atoms with van der Waals surface area (Å²) in [5.41, 5.74) is 1.24. The van der Waals surface area contributed by atoms with Crippen LogP contribution in [-0.2, 0) is 22.6 Å². The number of aryl methyl sites for hydroxylation is 2. The van der Waals surface area contributed by atoms with E-state index in [2.05, 4.69) is 9.97 Å². The Balaban J connectivity index is 1.38. The third-order valence-corrected chi connectivity index (χ3v) is 8.73. The topological polar surface area (TPSA) is 66.4 Å². The van der Waals surface area contributed by atoms with Gasteiger partial charge in [-0.15, -0.1) is 0 Å². The van der Waals surface area contributed by atoms with Gasteiger partial charge in [0, 0.05) is 43.9 Å². The van der Waals surface area contributed by atoms with Gasteiger partial charge in [0.25, 0.3) is 0 Å². The summed E-state index contributed by atoms with van der Waals surface area (Å²) < 4.78 is 68.0. The monoisotopic (exact) mass is 540 g/mol. The molecular formula is C28H27F3N4O2S. The predicted molar refractivity (Wildman–Crippen MR) is 141 cm³/mol. The average molecular weight is 541 g/mol. The number of aromatic nitrogens is 2. The van der Waals surface area contributed by atoms with Crippen molar-refractivity contribution in [3.05, 3.63) is 94.9 Å². The zero-order chi connectivity index (χ0) is 27.1. The van der Waals surface area contributed by atoms with Crippen LogP contribution in [-0.4, -0.2) is 48.9 Å². The molecule has 0 bridgehead atoms. The van der Waals surface area contributed by atoms with E-state index in [9.17, 15) is 21.6 Å². The lowest BCUT2D eigenvalue weighted by atomic mass is 10.0. The van der Waals surface area contributed by atoms with Gasteiger partial charge in [0.15, 0.2) is 0 Å². The van der Waals surface area contributed by atoms with Gasteiger partial charge >= 0.3 is 6.18 Å². The van der Waals surface area contributed by atoms with Crippen LogP contribution in [0.15, 0.2) is 71.6 Å². The summed E-state index contributed by atoms with van der Waals surface area (Å²) in [6.45, 7) is 4.92. The van der Waals surface area contributed by atoms with Crippen LogP contribution in [0.5, 0.6) is 0 Å². The molecule has 10 heteroatoms. The molecule has 38 heavy (non-hydrogen) atoms.